The Balaban J connectivity index is 2.65. The van der Waals surface area contributed by atoms with E-state index in [-0.39, 0.29) is 5.88 Å². The molecule has 1 aromatic heterocycles. The summed E-state index contributed by atoms with van der Waals surface area (Å²) in [6.07, 6.45) is 1.41. The lowest BCUT2D eigenvalue weighted by Crippen LogP contribution is -2.21. The van der Waals surface area contributed by atoms with E-state index in [9.17, 15) is 0 Å². The molecule has 0 spiro atoms. The Labute approximate surface area is 69.8 Å². The van der Waals surface area contributed by atoms with E-state index in [2.05, 4.69) is 9.64 Å². The quantitative estimate of drug-likeness (QED) is 0.593. The standard InChI is InChI=1S/C6H8BNO4/c1-11-5-2-3-6(8-4-5)12-7(9)10/h2-4,9-10H,1H3. The molecular formula is C6H8BNO4. The second-order valence-corrected chi connectivity index (χ2v) is 1.98. The molecule has 0 atom stereocenters. The van der Waals surface area contributed by atoms with Crippen LogP contribution in [0, 0.1) is 0 Å². The maximum atomic E-state index is 8.39. The summed E-state index contributed by atoms with van der Waals surface area (Å²) in [6.45, 7) is 0. The average Bonchev–Trinajstić information content (AvgIpc) is 2.05. The summed E-state index contributed by atoms with van der Waals surface area (Å²) in [5.41, 5.74) is 0. The minimum Gasteiger partial charge on any atom is -0.498 e. The summed E-state index contributed by atoms with van der Waals surface area (Å²) >= 11 is 0. The molecule has 0 aromatic carbocycles. The number of hydrogen-bond acceptors (Lipinski definition) is 5. The molecule has 2 N–H and O–H groups in total. The number of ether oxygens (including phenoxy) is 1. The smallest absolute Gasteiger partial charge is 0.498 e. The van der Waals surface area contributed by atoms with E-state index in [0.29, 0.717) is 5.75 Å². The molecule has 0 bridgehead atoms. The maximum absolute atomic E-state index is 8.39. The summed E-state index contributed by atoms with van der Waals surface area (Å²) < 4.78 is 9.29. The summed E-state index contributed by atoms with van der Waals surface area (Å²) in [7, 11) is -0.329. The van der Waals surface area contributed by atoms with Crippen LogP contribution in [0.3, 0.4) is 0 Å². The second-order valence-electron chi connectivity index (χ2n) is 1.98. The van der Waals surface area contributed by atoms with Gasteiger partial charge in [-0.05, 0) is 6.07 Å². The summed E-state index contributed by atoms with van der Waals surface area (Å²) in [4.78, 5) is 3.72. The van der Waals surface area contributed by atoms with Gasteiger partial charge in [-0.2, -0.15) is 0 Å². The first-order valence-electron chi connectivity index (χ1n) is 3.25. The lowest BCUT2D eigenvalue weighted by molar-refractivity contribution is 0.283. The highest BCUT2D eigenvalue weighted by Gasteiger charge is 2.11. The number of rotatable bonds is 3. The van der Waals surface area contributed by atoms with Crippen LogP contribution in [0.4, 0.5) is 0 Å². The van der Waals surface area contributed by atoms with E-state index in [4.69, 9.17) is 14.8 Å². The Morgan fingerprint density at radius 1 is 1.42 bits per heavy atom. The van der Waals surface area contributed by atoms with Crippen LogP contribution >= 0.6 is 0 Å². The summed E-state index contributed by atoms with van der Waals surface area (Å²) in [6, 6.07) is 3.07. The monoisotopic (exact) mass is 169 g/mol. The fourth-order valence-corrected chi connectivity index (χ4v) is 0.665. The third-order valence-electron chi connectivity index (χ3n) is 1.17. The topological polar surface area (TPSA) is 71.8 Å². The van der Waals surface area contributed by atoms with Crippen molar-refractivity contribution in [2.24, 2.45) is 0 Å². The Bertz CT molecular complexity index is 238. The molecule has 0 radical (unpaired) electrons. The van der Waals surface area contributed by atoms with Gasteiger partial charge in [0.15, 0.2) is 5.88 Å². The van der Waals surface area contributed by atoms with Crippen molar-refractivity contribution in [2.45, 2.75) is 0 Å². The Kier molecular flexibility index (Phi) is 2.90. The van der Waals surface area contributed by atoms with Gasteiger partial charge in [-0.25, -0.2) is 4.98 Å². The van der Waals surface area contributed by atoms with Crippen LogP contribution in [0.25, 0.3) is 0 Å². The van der Waals surface area contributed by atoms with Crippen LogP contribution in [-0.4, -0.2) is 29.5 Å². The summed E-state index contributed by atoms with van der Waals surface area (Å²) in [5, 5.41) is 16.8. The van der Waals surface area contributed by atoms with Crippen molar-refractivity contribution in [2.75, 3.05) is 7.11 Å². The third kappa shape index (κ3) is 2.41. The zero-order valence-corrected chi connectivity index (χ0v) is 6.47. The van der Waals surface area contributed by atoms with Gasteiger partial charge in [0.05, 0.1) is 13.3 Å². The van der Waals surface area contributed by atoms with Crippen LogP contribution in [0.5, 0.6) is 11.6 Å². The first-order valence-corrected chi connectivity index (χ1v) is 3.25. The SMILES string of the molecule is COc1ccc(OB(O)O)nc1. The molecule has 64 valence electrons. The molecule has 5 nitrogen and oxygen atoms in total. The lowest BCUT2D eigenvalue weighted by atomic mass is 10.3. The van der Waals surface area contributed by atoms with Crippen molar-refractivity contribution in [3.05, 3.63) is 18.3 Å². The molecule has 1 heterocycles. The number of aromatic nitrogens is 1. The van der Waals surface area contributed by atoms with Crippen LogP contribution < -0.4 is 9.39 Å². The molecule has 1 aromatic rings. The predicted molar refractivity (Wildman–Crippen MR) is 41.6 cm³/mol. The van der Waals surface area contributed by atoms with Crippen LogP contribution in [0.15, 0.2) is 18.3 Å². The van der Waals surface area contributed by atoms with Crippen molar-refractivity contribution >= 4 is 7.32 Å². The molecular weight excluding hydrogens is 161 g/mol. The molecule has 6 heteroatoms. The van der Waals surface area contributed by atoms with Gasteiger partial charge in [0, 0.05) is 6.07 Å². The normalized spacial score (nSPS) is 9.25. The van der Waals surface area contributed by atoms with Crippen molar-refractivity contribution in [3.63, 3.8) is 0 Å². The van der Waals surface area contributed by atoms with Crippen molar-refractivity contribution in [1.29, 1.82) is 0 Å². The lowest BCUT2D eigenvalue weighted by Gasteiger charge is -2.03. The number of pyridine rings is 1. The Morgan fingerprint density at radius 3 is 2.58 bits per heavy atom. The van der Waals surface area contributed by atoms with E-state index in [0.717, 1.165) is 0 Å². The van der Waals surface area contributed by atoms with E-state index in [1.165, 1.54) is 19.4 Å². The Hall–Kier alpha value is -1.27. The van der Waals surface area contributed by atoms with Gasteiger partial charge in [-0.1, -0.05) is 0 Å². The van der Waals surface area contributed by atoms with Crippen molar-refractivity contribution in [1.82, 2.24) is 4.98 Å². The van der Waals surface area contributed by atoms with Gasteiger partial charge in [0.25, 0.3) is 0 Å². The predicted octanol–water partition coefficient (Wildman–Crippen LogP) is -0.562. The van der Waals surface area contributed by atoms with Gasteiger partial charge >= 0.3 is 7.32 Å². The second kappa shape index (κ2) is 3.94. The fraction of sp³-hybridized carbons (Fsp3) is 0.167. The Morgan fingerprint density at radius 2 is 2.17 bits per heavy atom. The fourth-order valence-electron chi connectivity index (χ4n) is 0.665. The van der Waals surface area contributed by atoms with E-state index in [1.54, 1.807) is 6.07 Å². The average molecular weight is 169 g/mol. The van der Waals surface area contributed by atoms with Crippen LogP contribution in [0.2, 0.25) is 0 Å². The number of methoxy groups -OCH3 is 1. The minimum atomic E-state index is -1.84. The molecule has 0 saturated heterocycles. The molecule has 0 saturated carbocycles. The van der Waals surface area contributed by atoms with Gasteiger partial charge < -0.3 is 19.4 Å². The zero-order chi connectivity index (χ0) is 8.97. The van der Waals surface area contributed by atoms with E-state index >= 15 is 0 Å². The van der Waals surface area contributed by atoms with Crippen LogP contribution in [-0.2, 0) is 0 Å². The van der Waals surface area contributed by atoms with Gasteiger partial charge in [0.2, 0.25) is 0 Å². The van der Waals surface area contributed by atoms with E-state index < -0.39 is 7.32 Å². The van der Waals surface area contributed by atoms with Crippen LogP contribution in [0.1, 0.15) is 0 Å². The molecule has 0 amide bonds. The molecule has 1 rings (SSSR count). The molecule has 0 unspecified atom stereocenters. The highest BCUT2D eigenvalue weighted by Crippen LogP contribution is 2.12. The zero-order valence-electron chi connectivity index (χ0n) is 6.47. The first kappa shape index (κ1) is 8.83. The molecule has 0 aliphatic carbocycles. The highest BCUT2D eigenvalue weighted by molar-refractivity contribution is 6.33. The van der Waals surface area contributed by atoms with Gasteiger partial charge in [-0.3, -0.25) is 0 Å². The van der Waals surface area contributed by atoms with E-state index in [1.807, 2.05) is 0 Å². The number of hydrogen-bond donors (Lipinski definition) is 2. The first-order chi connectivity index (χ1) is 5.72. The highest BCUT2D eigenvalue weighted by atomic mass is 16.6. The summed E-state index contributed by atoms with van der Waals surface area (Å²) in [5.74, 6) is 0.709. The van der Waals surface area contributed by atoms with Gasteiger partial charge in [0.1, 0.15) is 5.75 Å². The number of nitrogens with zero attached hydrogens (tertiary/aromatic N) is 1. The van der Waals surface area contributed by atoms with Crippen molar-refractivity contribution < 1.29 is 19.4 Å². The third-order valence-corrected chi connectivity index (χ3v) is 1.17. The van der Waals surface area contributed by atoms with Crippen molar-refractivity contribution in [3.8, 4) is 11.6 Å². The molecule has 12 heavy (non-hydrogen) atoms. The van der Waals surface area contributed by atoms with Gasteiger partial charge in [-0.15, -0.1) is 0 Å². The maximum Gasteiger partial charge on any atom is 0.708 e. The molecule has 0 aliphatic rings. The largest absolute Gasteiger partial charge is 0.708 e. The minimum absolute atomic E-state index is 0.130. The molecule has 0 fully saturated rings. The molecule has 0 aliphatic heterocycles.